The molecule has 0 bridgehead atoms. The molecule has 0 atom stereocenters. The third kappa shape index (κ3) is 5.67. The Bertz CT molecular complexity index is 669. The molecule has 0 unspecified atom stereocenters. The summed E-state index contributed by atoms with van der Waals surface area (Å²) in [6.07, 6.45) is 0. The third-order valence-electron chi connectivity index (χ3n) is 2.77. The molecule has 1 aromatic carbocycles. The normalized spacial score (nSPS) is 12.3. The van der Waals surface area contributed by atoms with Crippen LogP contribution in [0.1, 0.15) is 27.7 Å². The number of halogens is 1. The Kier molecular flexibility index (Phi) is 6.44. The van der Waals surface area contributed by atoms with Crippen LogP contribution in [-0.2, 0) is 14.8 Å². The monoisotopic (exact) mass is 362 g/mol. The Hall–Kier alpha value is -1.31. The van der Waals surface area contributed by atoms with Gasteiger partial charge in [-0.2, -0.15) is 4.31 Å². The van der Waals surface area contributed by atoms with Crippen molar-refractivity contribution in [2.24, 2.45) is 0 Å². The molecule has 23 heavy (non-hydrogen) atoms. The van der Waals surface area contributed by atoms with Crippen LogP contribution in [0.15, 0.2) is 23.1 Å². The van der Waals surface area contributed by atoms with E-state index in [1.807, 2.05) is 20.8 Å². The number of likely N-dealkylation sites (N-methyl/N-ethyl adjacent to an activating group) is 1. The molecule has 0 aliphatic carbocycles. The molecule has 6 nitrogen and oxygen atoms in total. The largest absolute Gasteiger partial charge is 0.492 e. The predicted molar refractivity (Wildman–Crippen MR) is 90.3 cm³/mol. The molecule has 0 heterocycles. The van der Waals surface area contributed by atoms with Gasteiger partial charge >= 0.3 is 0 Å². The number of ether oxygens (including phenoxy) is 1. The smallest absolute Gasteiger partial charge is 0.247 e. The summed E-state index contributed by atoms with van der Waals surface area (Å²) in [5.74, 6) is -0.177. The quantitative estimate of drug-likeness (QED) is 0.842. The number of sulfonamides is 1. The summed E-state index contributed by atoms with van der Waals surface area (Å²) in [5, 5.41) is 3.00. The molecule has 0 radical (unpaired) electrons. The average Bonchev–Trinajstić information content (AvgIpc) is 2.38. The fourth-order valence-electron chi connectivity index (χ4n) is 1.87. The van der Waals surface area contributed by atoms with E-state index in [-0.39, 0.29) is 28.1 Å². The highest BCUT2D eigenvalue weighted by Gasteiger charge is 2.27. The lowest BCUT2D eigenvalue weighted by Crippen LogP contribution is -2.46. The molecule has 1 amide bonds. The van der Waals surface area contributed by atoms with E-state index in [9.17, 15) is 13.2 Å². The Balaban J connectivity index is 3.06. The highest BCUT2D eigenvalue weighted by molar-refractivity contribution is 7.89. The SMILES string of the molecule is CCOc1ccc(Cl)cc1S(=O)(=O)N(C)CC(=O)NC(C)(C)C. The number of nitrogens with one attached hydrogen (secondary N) is 1. The standard InChI is InChI=1S/C15H23ClN2O4S/c1-6-22-12-8-7-11(16)9-13(12)23(20,21)18(5)10-14(19)17-15(2,3)4/h7-9H,6,10H2,1-5H3,(H,17,19). The molecule has 130 valence electrons. The van der Waals surface area contributed by atoms with Crippen LogP contribution in [-0.4, -0.2) is 44.4 Å². The lowest BCUT2D eigenvalue weighted by atomic mass is 10.1. The van der Waals surface area contributed by atoms with Crippen LogP contribution in [0, 0.1) is 0 Å². The minimum absolute atomic E-state index is 0.0575. The Morgan fingerprint density at radius 2 is 1.96 bits per heavy atom. The highest BCUT2D eigenvalue weighted by atomic mass is 35.5. The number of carbonyl (C=O) groups is 1. The zero-order valence-corrected chi connectivity index (χ0v) is 15.6. The zero-order valence-electron chi connectivity index (χ0n) is 14.0. The lowest BCUT2D eigenvalue weighted by molar-refractivity contribution is -0.122. The third-order valence-corrected chi connectivity index (χ3v) is 4.83. The number of carbonyl (C=O) groups excluding carboxylic acids is 1. The topological polar surface area (TPSA) is 75.7 Å². The van der Waals surface area contributed by atoms with Crippen LogP contribution in [0.4, 0.5) is 0 Å². The summed E-state index contributed by atoms with van der Waals surface area (Å²) < 4.78 is 31.7. The highest BCUT2D eigenvalue weighted by Crippen LogP contribution is 2.29. The first-order valence-corrected chi connectivity index (χ1v) is 8.99. The molecule has 8 heteroatoms. The predicted octanol–water partition coefficient (Wildman–Crippen LogP) is 2.27. The summed E-state index contributed by atoms with van der Waals surface area (Å²) >= 11 is 5.90. The molecule has 1 rings (SSSR count). The molecule has 0 saturated heterocycles. The second-order valence-electron chi connectivity index (χ2n) is 6.08. The molecule has 1 aromatic rings. The van der Waals surface area contributed by atoms with Gasteiger partial charge in [0.2, 0.25) is 15.9 Å². The van der Waals surface area contributed by atoms with Crippen LogP contribution in [0.2, 0.25) is 5.02 Å². The van der Waals surface area contributed by atoms with Crippen LogP contribution in [0.5, 0.6) is 5.75 Å². The molecule has 0 spiro atoms. The Morgan fingerprint density at radius 1 is 1.35 bits per heavy atom. The van der Waals surface area contributed by atoms with E-state index >= 15 is 0 Å². The van der Waals surface area contributed by atoms with Crippen molar-refractivity contribution in [3.05, 3.63) is 23.2 Å². The fraction of sp³-hybridized carbons (Fsp3) is 0.533. The van der Waals surface area contributed by atoms with Crippen molar-refractivity contribution < 1.29 is 17.9 Å². The molecular formula is C15H23ClN2O4S. The number of nitrogens with zero attached hydrogens (tertiary/aromatic N) is 1. The van der Waals surface area contributed by atoms with E-state index in [4.69, 9.17) is 16.3 Å². The van der Waals surface area contributed by atoms with Crippen LogP contribution >= 0.6 is 11.6 Å². The van der Waals surface area contributed by atoms with Gasteiger partial charge in [-0.1, -0.05) is 11.6 Å². The van der Waals surface area contributed by atoms with E-state index in [2.05, 4.69) is 5.32 Å². The first-order valence-electron chi connectivity index (χ1n) is 7.17. The van der Waals surface area contributed by atoms with Gasteiger partial charge < -0.3 is 10.1 Å². The van der Waals surface area contributed by atoms with Gasteiger partial charge in [0.25, 0.3) is 0 Å². The molecule has 0 aromatic heterocycles. The molecule has 0 aliphatic heterocycles. The minimum atomic E-state index is -3.90. The van der Waals surface area contributed by atoms with Gasteiger partial charge in [-0.15, -0.1) is 0 Å². The van der Waals surface area contributed by atoms with Crippen molar-refractivity contribution in [1.82, 2.24) is 9.62 Å². The Labute approximate surface area is 142 Å². The van der Waals surface area contributed by atoms with Gasteiger partial charge in [0.05, 0.1) is 13.2 Å². The molecular weight excluding hydrogens is 340 g/mol. The summed E-state index contributed by atoms with van der Waals surface area (Å²) in [5.41, 5.74) is -0.436. The van der Waals surface area contributed by atoms with E-state index in [0.29, 0.717) is 6.61 Å². The van der Waals surface area contributed by atoms with Gasteiger partial charge in [-0.25, -0.2) is 8.42 Å². The zero-order chi connectivity index (χ0) is 17.8. The first-order chi connectivity index (χ1) is 10.5. The van der Waals surface area contributed by atoms with Crippen molar-refractivity contribution in [1.29, 1.82) is 0 Å². The fourth-order valence-corrected chi connectivity index (χ4v) is 3.39. The Morgan fingerprint density at radius 3 is 2.48 bits per heavy atom. The van der Waals surface area contributed by atoms with Gasteiger partial charge in [-0.3, -0.25) is 4.79 Å². The molecule has 0 saturated carbocycles. The first kappa shape index (κ1) is 19.7. The number of hydrogen-bond acceptors (Lipinski definition) is 4. The summed E-state index contributed by atoms with van der Waals surface area (Å²) in [7, 11) is -2.56. The van der Waals surface area contributed by atoms with Crippen LogP contribution < -0.4 is 10.1 Å². The maximum atomic E-state index is 12.7. The number of amides is 1. The van der Waals surface area contributed by atoms with Crippen molar-refractivity contribution in [2.45, 2.75) is 38.1 Å². The summed E-state index contributed by atoms with van der Waals surface area (Å²) in [6.45, 7) is 7.25. The minimum Gasteiger partial charge on any atom is -0.492 e. The van der Waals surface area contributed by atoms with Gasteiger partial charge in [-0.05, 0) is 45.9 Å². The van der Waals surface area contributed by atoms with Crippen LogP contribution in [0.25, 0.3) is 0 Å². The molecule has 0 fully saturated rings. The van der Waals surface area contributed by atoms with Crippen molar-refractivity contribution in [2.75, 3.05) is 20.2 Å². The van der Waals surface area contributed by atoms with E-state index in [1.165, 1.54) is 19.2 Å². The van der Waals surface area contributed by atoms with Gasteiger partial charge in [0.1, 0.15) is 10.6 Å². The van der Waals surface area contributed by atoms with Gasteiger partial charge in [0.15, 0.2) is 0 Å². The molecule has 0 aliphatic rings. The van der Waals surface area contributed by atoms with E-state index in [0.717, 1.165) is 4.31 Å². The number of rotatable bonds is 6. The summed E-state index contributed by atoms with van der Waals surface area (Å²) in [4.78, 5) is 11.9. The lowest BCUT2D eigenvalue weighted by Gasteiger charge is -2.23. The van der Waals surface area contributed by atoms with E-state index in [1.54, 1.807) is 13.0 Å². The molecule has 1 N–H and O–H groups in total. The van der Waals surface area contributed by atoms with Crippen molar-refractivity contribution in [3.63, 3.8) is 0 Å². The second-order valence-corrected chi connectivity index (χ2v) is 8.53. The summed E-state index contributed by atoms with van der Waals surface area (Å²) in [6, 6.07) is 4.37. The average molecular weight is 363 g/mol. The van der Waals surface area contributed by atoms with E-state index < -0.39 is 15.6 Å². The number of benzene rings is 1. The number of hydrogen-bond donors (Lipinski definition) is 1. The van der Waals surface area contributed by atoms with Gasteiger partial charge in [0, 0.05) is 17.6 Å². The maximum absolute atomic E-state index is 12.7. The second kappa shape index (κ2) is 7.51. The van der Waals surface area contributed by atoms with Crippen molar-refractivity contribution >= 4 is 27.5 Å². The van der Waals surface area contributed by atoms with Crippen molar-refractivity contribution in [3.8, 4) is 5.75 Å². The maximum Gasteiger partial charge on any atom is 0.247 e. The van der Waals surface area contributed by atoms with Crippen LogP contribution in [0.3, 0.4) is 0 Å².